The van der Waals surface area contributed by atoms with Gasteiger partial charge in [-0.15, -0.1) is 0 Å². The summed E-state index contributed by atoms with van der Waals surface area (Å²) in [5, 5.41) is 3.04. The zero-order chi connectivity index (χ0) is 12.5. The number of rotatable bonds is 7. The summed E-state index contributed by atoms with van der Waals surface area (Å²) in [4.78, 5) is 15.9. The van der Waals surface area contributed by atoms with Crippen LogP contribution in [0, 0.1) is 0 Å². The lowest BCUT2D eigenvalue weighted by molar-refractivity contribution is 0.0928. The van der Waals surface area contributed by atoms with E-state index < -0.39 is 0 Å². The monoisotopic (exact) mass is 234 g/mol. The standard InChI is InChI=1S/C14H22N2O/c1-3-5-6-9-12(4-2)16-14(17)13-10-7-8-11-15-13/h7-8,10-12H,3-6,9H2,1-2H3,(H,16,17)/t12-/m1/s1. The number of unbranched alkanes of at least 4 members (excludes halogenated alkanes) is 2. The molecule has 94 valence electrons. The lowest BCUT2D eigenvalue weighted by Crippen LogP contribution is -2.34. The van der Waals surface area contributed by atoms with Gasteiger partial charge in [0.25, 0.3) is 5.91 Å². The molecule has 0 unspecified atom stereocenters. The molecule has 1 aromatic heterocycles. The largest absolute Gasteiger partial charge is 0.348 e. The molecule has 3 heteroatoms. The van der Waals surface area contributed by atoms with Crippen molar-refractivity contribution >= 4 is 5.91 Å². The number of pyridine rings is 1. The molecule has 0 aliphatic heterocycles. The first-order chi connectivity index (χ1) is 8.27. The Hall–Kier alpha value is -1.38. The highest BCUT2D eigenvalue weighted by molar-refractivity contribution is 5.92. The maximum absolute atomic E-state index is 11.9. The summed E-state index contributed by atoms with van der Waals surface area (Å²) in [7, 11) is 0. The first-order valence-electron chi connectivity index (χ1n) is 6.49. The highest BCUT2D eigenvalue weighted by Crippen LogP contribution is 2.07. The highest BCUT2D eigenvalue weighted by Gasteiger charge is 2.12. The van der Waals surface area contributed by atoms with Crippen LogP contribution in [0.3, 0.4) is 0 Å². The molecular weight excluding hydrogens is 212 g/mol. The van der Waals surface area contributed by atoms with Crippen molar-refractivity contribution in [3.63, 3.8) is 0 Å². The van der Waals surface area contributed by atoms with Crippen molar-refractivity contribution in [1.29, 1.82) is 0 Å². The molecule has 0 saturated carbocycles. The topological polar surface area (TPSA) is 42.0 Å². The average molecular weight is 234 g/mol. The van der Waals surface area contributed by atoms with E-state index in [0.717, 1.165) is 12.8 Å². The number of nitrogens with one attached hydrogen (secondary N) is 1. The van der Waals surface area contributed by atoms with Gasteiger partial charge >= 0.3 is 0 Å². The van der Waals surface area contributed by atoms with E-state index >= 15 is 0 Å². The minimum atomic E-state index is -0.0612. The van der Waals surface area contributed by atoms with Gasteiger partial charge in [0.2, 0.25) is 0 Å². The summed E-state index contributed by atoms with van der Waals surface area (Å²) >= 11 is 0. The van der Waals surface area contributed by atoms with Crippen LogP contribution >= 0.6 is 0 Å². The summed E-state index contributed by atoms with van der Waals surface area (Å²) in [6.07, 6.45) is 7.30. The molecule has 1 heterocycles. The Bertz CT molecular complexity index is 324. The maximum Gasteiger partial charge on any atom is 0.270 e. The number of carbonyl (C=O) groups excluding carboxylic acids is 1. The van der Waals surface area contributed by atoms with Crippen molar-refractivity contribution in [3.8, 4) is 0 Å². The maximum atomic E-state index is 11.9. The fourth-order valence-electron chi connectivity index (χ4n) is 1.78. The van der Waals surface area contributed by atoms with E-state index in [1.165, 1.54) is 19.3 Å². The molecule has 0 aliphatic carbocycles. The van der Waals surface area contributed by atoms with Gasteiger partial charge in [0, 0.05) is 12.2 Å². The Balaban J connectivity index is 2.42. The molecule has 1 N–H and O–H groups in total. The van der Waals surface area contributed by atoms with E-state index in [0.29, 0.717) is 5.69 Å². The van der Waals surface area contributed by atoms with Crippen LogP contribution in [0.5, 0.6) is 0 Å². The molecule has 3 nitrogen and oxygen atoms in total. The van der Waals surface area contributed by atoms with Crippen molar-refractivity contribution in [3.05, 3.63) is 30.1 Å². The van der Waals surface area contributed by atoms with Gasteiger partial charge < -0.3 is 5.32 Å². The normalized spacial score (nSPS) is 12.1. The summed E-state index contributed by atoms with van der Waals surface area (Å²) in [6.45, 7) is 4.29. The molecule has 0 bridgehead atoms. The van der Waals surface area contributed by atoms with Crippen LogP contribution in [-0.2, 0) is 0 Å². The fraction of sp³-hybridized carbons (Fsp3) is 0.571. The first-order valence-corrected chi connectivity index (χ1v) is 6.49. The van der Waals surface area contributed by atoms with Crippen molar-refractivity contribution < 1.29 is 4.79 Å². The lowest BCUT2D eigenvalue weighted by atomic mass is 10.1. The molecule has 1 aromatic rings. The number of amides is 1. The molecule has 1 atom stereocenters. The molecule has 1 rings (SSSR count). The Morgan fingerprint density at radius 2 is 2.18 bits per heavy atom. The Labute approximate surface area is 104 Å². The van der Waals surface area contributed by atoms with Crippen molar-refractivity contribution in [2.45, 2.75) is 52.0 Å². The van der Waals surface area contributed by atoms with Crippen molar-refractivity contribution in [2.75, 3.05) is 0 Å². The Kier molecular flexibility index (Phi) is 6.30. The molecule has 0 saturated heterocycles. The van der Waals surface area contributed by atoms with Crippen LogP contribution in [0.2, 0.25) is 0 Å². The van der Waals surface area contributed by atoms with E-state index in [4.69, 9.17) is 0 Å². The van der Waals surface area contributed by atoms with Crippen molar-refractivity contribution in [1.82, 2.24) is 10.3 Å². The summed E-state index contributed by atoms with van der Waals surface area (Å²) in [5.41, 5.74) is 0.501. The second kappa shape index (κ2) is 7.82. The zero-order valence-electron chi connectivity index (χ0n) is 10.8. The van der Waals surface area contributed by atoms with Gasteiger partial charge in [0.05, 0.1) is 0 Å². The van der Waals surface area contributed by atoms with Gasteiger partial charge in [-0.1, -0.05) is 39.2 Å². The van der Waals surface area contributed by atoms with Gasteiger partial charge in [-0.05, 0) is 25.0 Å². The van der Waals surface area contributed by atoms with E-state index in [2.05, 4.69) is 24.1 Å². The summed E-state index contributed by atoms with van der Waals surface area (Å²) in [5.74, 6) is -0.0612. The van der Waals surface area contributed by atoms with E-state index in [-0.39, 0.29) is 11.9 Å². The molecular formula is C14H22N2O. The second-order valence-corrected chi connectivity index (χ2v) is 4.29. The number of hydrogen-bond donors (Lipinski definition) is 1. The van der Waals surface area contributed by atoms with E-state index in [1.54, 1.807) is 12.3 Å². The molecule has 0 fully saturated rings. The van der Waals surface area contributed by atoms with Gasteiger partial charge in [-0.2, -0.15) is 0 Å². The minimum Gasteiger partial charge on any atom is -0.348 e. The molecule has 0 aliphatic rings. The first kappa shape index (κ1) is 13.7. The molecule has 1 amide bonds. The smallest absolute Gasteiger partial charge is 0.270 e. The van der Waals surface area contributed by atoms with Crippen LogP contribution in [0.25, 0.3) is 0 Å². The van der Waals surface area contributed by atoms with E-state index in [1.807, 2.05) is 12.1 Å². The fourth-order valence-corrected chi connectivity index (χ4v) is 1.78. The van der Waals surface area contributed by atoms with E-state index in [9.17, 15) is 4.79 Å². The number of aromatic nitrogens is 1. The van der Waals surface area contributed by atoms with Gasteiger partial charge in [-0.3, -0.25) is 9.78 Å². The Morgan fingerprint density at radius 1 is 1.35 bits per heavy atom. The third-order valence-corrected chi connectivity index (χ3v) is 2.88. The SMILES string of the molecule is CCCCC[C@@H](CC)NC(=O)c1ccccn1. The Morgan fingerprint density at radius 3 is 2.76 bits per heavy atom. The van der Waals surface area contributed by atoms with Gasteiger partial charge in [0.15, 0.2) is 0 Å². The zero-order valence-corrected chi connectivity index (χ0v) is 10.8. The van der Waals surface area contributed by atoms with Crippen LogP contribution in [0.4, 0.5) is 0 Å². The lowest BCUT2D eigenvalue weighted by Gasteiger charge is -2.16. The minimum absolute atomic E-state index is 0.0612. The number of hydrogen-bond acceptors (Lipinski definition) is 2. The highest BCUT2D eigenvalue weighted by atomic mass is 16.1. The van der Waals surface area contributed by atoms with Crippen LogP contribution in [0.15, 0.2) is 24.4 Å². The summed E-state index contributed by atoms with van der Waals surface area (Å²) in [6, 6.07) is 5.67. The summed E-state index contributed by atoms with van der Waals surface area (Å²) < 4.78 is 0. The number of carbonyl (C=O) groups is 1. The van der Waals surface area contributed by atoms with Gasteiger partial charge in [0.1, 0.15) is 5.69 Å². The average Bonchev–Trinajstić information content (AvgIpc) is 2.38. The second-order valence-electron chi connectivity index (χ2n) is 4.29. The quantitative estimate of drug-likeness (QED) is 0.736. The molecule has 17 heavy (non-hydrogen) atoms. The third kappa shape index (κ3) is 4.98. The molecule has 0 aromatic carbocycles. The van der Waals surface area contributed by atoms with Crippen LogP contribution < -0.4 is 5.32 Å². The number of nitrogens with zero attached hydrogens (tertiary/aromatic N) is 1. The molecule has 0 radical (unpaired) electrons. The van der Waals surface area contributed by atoms with Crippen LogP contribution in [-0.4, -0.2) is 16.9 Å². The predicted octanol–water partition coefficient (Wildman–Crippen LogP) is 3.17. The van der Waals surface area contributed by atoms with Crippen molar-refractivity contribution in [2.24, 2.45) is 0 Å². The molecule has 0 spiro atoms. The predicted molar refractivity (Wildman–Crippen MR) is 69.9 cm³/mol. The van der Waals surface area contributed by atoms with Gasteiger partial charge in [-0.25, -0.2) is 0 Å². The third-order valence-electron chi connectivity index (χ3n) is 2.88. The van der Waals surface area contributed by atoms with Crippen LogP contribution in [0.1, 0.15) is 56.4 Å².